The maximum Gasteiger partial charge on any atom is 0.261 e. The van der Waals surface area contributed by atoms with Crippen molar-refractivity contribution in [3.63, 3.8) is 0 Å². The monoisotopic (exact) mass is 417 g/mol. The molecule has 3 N–H and O–H groups in total. The van der Waals surface area contributed by atoms with Gasteiger partial charge in [-0.1, -0.05) is 0 Å². The third kappa shape index (κ3) is 4.81. The molecule has 1 spiro atoms. The third-order valence-electron chi connectivity index (χ3n) is 5.04. The van der Waals surface area contributed by atoms with Crippen molar-refractivity contribution in [2.24, 2.45) is 0 Å². The number of thiophene rings is 1. The van der Waals surface area contributed by atoms with Gasteiger partial charge < -0.3 is 25.4 Å². The maximum atomic E-state index is 12.3. The van der Waals surface area contributed by atoms with Crippen LogP contribution in [-0.4, -0.2) is 67.8 Å². The number of hydrogen-bond acceptors (Lipinski definition) is 6. The van der Waals surface area contributed by atoms with E-state index in [0.717, 1.165) is 24.8 Å². The molecular formula is C18H28ClN3O4S. The average Bonchev–Trinajstić information content (AvgIpc) is 3.06. The fourth-order valence-electron chi connectivity index (χ4n) is 3.65. The first-order chi connectivity index (χ1) is 12.4. The van der Waals surface area contributed by atoms with Gasteiger partial charge in [0.25, 0.3) is 5.91 Å². The van der Waals surface area contributed by atoms with Crippen LogP contribution in [0, 0.1) is 0 Å². The lowest BCUT2D eigenvalue weighted by Crippen LogP contribution is -2.49. The van der Waals surface area contributed by atoms with E-state index >= 15 is 0 Å². The minimum Gasteiger partial charge on any atom is -0.392 e. The molecule has 0 radical (unpaired) electrons. The van der Waals surface area contributed by atoms with Gasteiger partial charge in [0.15, 0.2) is 0 Å². The topological polar surface area (TPSA) is 90.9 Å². The minimum atomic E-state index is -0.567. The lowest BCUT2D eigenvalue weighted by molar-refractivity contribution is -0.139. The molecule has 3 rings (SSSR count). The van der Waals surface area contributed by atoms with Crippen LogP contribution in [-0.2, 0) is 21.6 Å². The molecule has 1 fully saturated rings. The molecule has 7 nitrogen and oxygen atoms in total. The molecule has 9 heteroatoms. The highest BCUT2D eigenvalue weighted by molar-refractivity contribution is 7.14. The van der Waals surface area contributed by atoms with Crippen LogP contribution in [0.2, 0.25) is 0 Å². The molecule has 2 amide bonds. The fourth-order valence-corrected chi connectivity index (χ4v) is 4.80. The Balaban J connectivity index is 0.00000261. The standard InChI is InChI=1S/C18H27N3O4S.ClH/c1-12(22)10-20-17(24)15-9-13-14(26-15)3-8-25-18(13)4-6-21(7-5-18)16(23)11-19-2;/h9,12,19,22H,3-8,10-11H2,1-2H3,(H,20,24);1H. The van der Waals surface area contributed by atoms with E-state index in [2.05, 4.69) is 10.6 Å². The molecular weight excluding hydrogens is 390 g/mol. The normalized spacial score (nSPS) is 19.1. The smallest absolute Gasteiger partial charge is 0.261 e. The number of aliphatic hydroxyl groups excluding tert-OH is 1. The number of carbonyl (C=O) groups is 2. The van der Waals surface area contributed by atoms with E-state index in [1.807, 2.05) is 11.0 Å². The van der Waals surface area contributed by atoms with Crippen molar-refractivity contribution < 1.29 is 19.4 Å². The number of likely N-dealkylation sites (tertiary alicyclic amines) is 1. The quantitative estimate of drug-likeness (QED) is 0.662. The number of piperidine rings is 1. The summed E-state index contributed by atoms with van der Waals surface area (Å²) in [5.74, 6) is -0.0380. The molecule has 0 saturated carbocycles. The van der Waals surface area contributed by atoms with Crippen LogP contribution in [0.25, 0.3) is 0 Å². The zero-order valence-electron chi connectivity index (χ0n) is 15.7. The highest BCUT2D eigenvalue weighted by Gasteiger charge is 2.43. The molecule has 152 valence electrons. The van der Waals surface area contributed by atoms with E-state index in [9.17, 15) is 14.7 Å². The average molecular weight is 418 g/mol. The van der Waals surface area contributed by atoms with Crippen LogP contribution in [0.4, 0.5) is 0 Å². The summed E-state index contributed by atoms with van der Waals surface area (Å²) >= 11 is 1.51. The Hall–Kier alpha value is -1.19. The first kappa shape index (κ1) is 22.1. The zero-order chi connectivity index (χ0) is 18.7. The maximum absolute atomic E-state index is 12.3. The van der Waals surface area contributed by atoms with E-state index in [0.29, 0.717) is 31.1 Å². The summed E-state index contributed by atoms with van der Waals surface area (Å²) in [6.07, 6.45) is 1.75. The fraction of sp³-hybridized carbons (Fsp3) is 0.667. The van der Waals surface area contributed by atoms with E-state index in [-0.39, 0.29) is 36.4 Å². The number of aliphatic hydroxyl groups is 1. The largest absolute Gasteiger partial charge is 0.392 e. The number of halogens is 1. The van der Waals surface area contributed by atoms with Crippen molar-refractivity contribution in [1.82, 2.24) is 15.5 Å². The third-order valence-corrected chi connectivity index (χ3v) is 6.23. The Morgan fingerprint density at radius 3 is 2.74 bits per heavy atom. The highest BCUT2D eigenvalue weighted by atomic mass is 35.5. The zero-order valence-corrected chi connectivity index (χ0v) is 17.4. The summed E-state index contributed by atoms with van der Waals surface area (Å²) in [5.41, 5.74) is 0.722. The number of rotatable bonds is 5. The molecule has 0 bridgehead atoms. The first-order valence-electron chi connectivity index (χ1n) is 9.11. The molecule has 3 heterocycles. The summed E-state index contributed by atoms with van der Waals surface area (Å²) in [6.45, 7) is 4.22. The molecule has 0 aliphatic carbocycles. The van der Waals surface area contributed by atoms with E-state index in [1.165, 1.54) is 16.2 Å². The van der Waals surface area contributed by atoms with Crippen LogP contribution in [0.5, 0.6) is 0 Å². The Labute approximate surface area is 169 Å². The van der Waals surface area contributed by atoms with Crippen molar-refractivity contribution in [3.05, 3.63) is 21.4 Å². The first-order valence-corrected chi connectivity index (χ1v) is 9.92. The van der Waals surface area contributed by atoms with Crippen LogP contribution >= 0.6 is 23.7 Å². The number of ether oxygens (including phenoxy) is 1. The summed E-state index contributed by atoms with van der Waals surface area (Å²) < 4.78 is 6.19. The van der Waals surface area contributed by atoms with Gasteiger partial charge in [-0.15, -0.1) is 23.7 Å². The van der Waals surface area contributed by atoms with Crippen molar-refractivity contribution in [3.8, 4) is 0 Å². The molecule has 1 atom stereocenters. The number of fused-ring (bicyclic) bond motifs is 2. The molecule has 1 unspecified atom stereocenters. The minimum absolute atomic E-state index is 0. The SMILES string of the molecule is CNCC(=O)N1CCC2(CC1)OCCc1sc(C(=O)NCC(C)O)cc12.Cl. The Morgan fingerprint density at radius 2 is 2.11 bits per heavy atom. The van der Waals surface area contributed by atoms with Crippen molar-refractivity contribution in [2.75, 3.05) is 39.8 Å². The van der Waals surface area contributed by atoms with Crippen LogP contribution in [0.15, 0.2) is 6.07 Å². The van der Waals surface area contributed by atoms with Gasteiger partial charge in [-0.05, 0) is 38.4 Å². The van der Waals surface area contributed by atoms with Gasteiger partial charge >= 0.3 is 0 Å². The molecule has 0 aromatic carbocycles. The summed E-state index contributed by atoms with van der Waals surface area (Å²) in [7, 11) is 1.77. The number of nitrogens with zero attached hydrogens (tertiary/aromatic N) is 1. The lowest BCUT2D eigenvalue weighted by atomic mass is 9.82. The Morgan fingerprint density at radius 1 is 1.41 bits per heavy atom. The van der Waals surface area contributed by atoms with Gasteiger partial charge in [0, 0.05) is 30.9 Å². The predicted molar refractivity (Wildman–Crippen MR) is 107 cm³/mol. The van der Waals surface area contributed by atoms with Crippen molar-refractivity contribution >= 4 is 35.6 Å². The second-order valence-corrected chi connectivity index (χ2v) is 8.15. The molecule has 2 aliphatic heterocycles. The molecule has 1 aromatic heterocycles. The van der Waals surface area contributed by atoms with E-state index in [4.69, 9.17) is 4.74 Å². The predicted octanol–water partition coefficient (Wildman–Crippen LogP) is 0.890. The Kier molecular flexibility index (Phi) is 7.64. The van der Waals surface area contributed by atoms with Crippen molar-refractivity contribution in [2.45, 2.75) is 37.9 Å². The van der Waals surface area contributed by atoms with Gasteiger partial charge in [-0.2, -0.15) is 0 Å². The summed E-state index contributed by atoms with van der Waals surface area (Å²) in [4.78, 5) is 28.2. The summed E-state index contributed by atoms with van der Waals surface area (Å²) in [5, 5.41) is 15.0. The second-order valence-electron chi connectivity index (χ2n) is 7.01. The second kappa shape index (κ2) is 9.34. The van der Waals surface area contributed by atoms with Gasteiger partial charge in [0.1, 0.15) is 0 Å². The van der Waals surface area contributed by atoms with Crippen LogP contribution in [0.3, 0.4) is 0 Å². The van der Waals surface area contributed by atoms with Gasteiger partial charge in [0.2, 0.25) is 5.91 Å². The van der Waals surface area contributed by atoms with Gasteiger partial charge in [-0.3, -0.25) is 9.59 Å². The van der Waals surface area contributed by atoms with Gasteiger partial charge in [0.05, 0.1) is 29.7 Å². The number of amides is 2. The van der Waals surface area contributed by atoms with Crippen LogP contribution < -0.4 is 10.6 Å². The lowest BCUT2D eigenvalue weighted by Gasteiger charge is -2.44. The summed E-state index contributed by atoms with van der Waals surface area (Å²) in [6, 6.07) is 1.95. The van der Waals surface area contributed by atoms with Gasteiger partial charge in [-0.25, -0.2) is 0 Å². The molecule has 1 saturated heterocycles. The molecule has 2 aliphatic rings. The van der Waals surface area contributed by atoms with Crippen molar-refractivity contribution in [1.29, 1.82) is 0 Å². The number of likely N-dealkylation sites (N-methyl/N-ethyl adjacent to an activating group) is 1. The highest BCUT2D eigenvalue weighted by Crippen LogP contribution is 2.44. The van der Waals surface area contributed by atoms with E-state index in [1.54, 1.807) is 14.0 Å². The van der Waals surface area contributed by atoms with E-state index < -0.39 is 6.10 Å². The number of hydrogen-bond donors (Lipinski definition) is 3. The molecule has 1 aromatic rings. The molecule has 27 heavy (non-hydrogen) atoms. The number of carbonyl (C=O) groups excluding carboxylic acids is 2. The Bertz CT molecular complexity index is 672. The number of nitrogens with one attached hydrogen (secondary N) is 2. The van der Waals surface area contributed by atoms with Crippen LogP contribution in [0.1, 0.15) is 39.9 Å².